The molecule has 0 aliphatic carbocycles. The maximum Gasteiger partial charge on any atom is 0.0963 e. The van der Waals surface area contributed by atoms with E-state index in [0.717, 1.165) is 27.4 Å². The van der Waals surface area contributed by atoms with Crippen molar-refractivity contribution >= 4 is 49.0 Å². The Balaban J connectivity index is 1.89. The van der Waals surface area contributed by atoms with E-state index in [9.17, 15) is 0 Å². The quantitative estimate of drug-likeness (QED) is 0.602. The summed E-state index contributed by atoms with van der Waals surface area (Å²) in [5.74, 6) is 0. The van der Waals surface area contributed by atoms with Crippen LogP contribution in [0.5, 0.6) is 0 Å². The van der Waals surface area contributed by atoms with Gasteiger partial charge in [0.2, 0.25) is 0 Å². The molecule has 2 aromatic heterocycles. The minimum atomic E-state index is 0.258. The second kappa shape index (κ2) is 5.84. The van der Waals surface area contributed by atoms with Gasteiger partial charge < -0.3 is 0 Å². The number of nitrogens with zero attached hydrogens (tertiary/aromatic N) is 3. The third-order valence-corrected chi connectivity index (χ3v) is 5.96. The lowest BCUT2D eigenvalue weighted by atomic mass is 10.2. The van der Waals surface area contributed by atoms with E-state index in [-0.39, 0.29) is 4.83 Å². The molecule has 6 heteroatoms. The molecule has 1 unspecified atom stereocenters. The second-order valence-corrected chi connectivity index (χ2v) is 7.17. The number of rotatable bonds is 4. The Bertz CT molecular complexity index is 737. The van der Waals surface area contributed by atoms with E-state index < -0.39 is 0 Å². The SMILES string of the molecule is CCC(Br)c1cn(Cc2sc3ccccc3c2Cl)nn1. The molecule has 1 aromatic carbocycles. The highest BCUT2D eigenvalue weighted by Crippen LogP contribution is 2.35. The number of benzene rings is 1. The van der Waals surface area contributed by atoms with Crippen LogP contribution in [0.2, 0.25) is 5.02 Å². The third kappa shape index (κ3) is 2.62. The van der Waals surface area contributed by atoms with Crippen molar-refractivity contribution in [3.63, 3.8) is 0 Å². The Morgan fingerprint density at radius 1 is 1.40 bits per heavy atom. The van der Waals surface area contributed by atoms with E-state index in [1.54, 1.807) is 11.3 Å². The monoisotopic (exact) mass is 369 g/mol. The molecule has 20 heavy (non-hydrogen) atoms. The Morgan fingerprint density at radius 2 is 2.20 bits per heavy atom. The molecule has 0 spiro atoms. The fourth-order valence-electron chi connectivity index (χ4n) is 2.06. The van der Waals surface area contributed by atoms with Crippen molar-refractivity contribution in [3.8, 4) is 0 Å². The average Bonchev–Trinajstić information content (AvgIpc) is 3.05. The van der Waals surface area contributed by atoms with Crippen LogP contribution in [0.1, 0.15) is 28.7 Å². The molecule has 0 saturated carbocycles. The summed E-state index contributed by atoms with van der Waals surface area (Å²) in [6, 6.07) is 8.18. The number of thiophene rings is 1. The molecule has 0 bridgehead atoms. The summed E-state index contributed by atoms with van der Waals surface area (Å²) in [6.07, 6.45) is 2.96. The number of alkyl halides is 1. The third-order valence-electron chi connectivity index (χ3n) is 3.14. The van der Waals surface area contributed by atoms with Crippen LogP contribution in [0, 0.1) is 0 Å². The average molecular weight is 371 g/mol. The number of halogens is 2. The summed E-state index contributed by atoms with van der Waals surface area (Å²) in [5, 5.41) is 10.3. The van der Waals surface area contributed by atoms with Crippen LogP contribution in [0.25, 0.3) is 10.1 Å². The maximum absolute atomic E-state index is 6.44. The fraction of sp³-hybridized carbons (Fsp3) is 0.286. The second-order valence-electron chi connectivity index (χ2n) is 4.55. The van der Waals surface area contributed by atoms with E-state index in [0.29, 0.717) is 6.54 Å². The lowest BCUT2D eigenvalue weighted by Crippen LogP contribution is -1.98. The van der Waals surface area contributed by atoms with E-state index in [1.165, 1.54) is 4.70 Å². The molecule has 0 aliphatic heterocycles. The van der Waals surface area contributed by atoms with Gasteiger partial charge >= 0.3 is 0 Å². The van der Waals surface area contributed by atoms with Gasteiger partial charge in [0.1, 0.15) is 0 Å². The van der Waals surface area contributed by atoms with Crippen molar-refractivity contribution in [1.82, 2.24) is 15.0 Å². The van der Waals surface area contributed by atoms with Gasteiger partial charge in [0.05, 0.1) is 22.1 Å². The zero-order valence-corrected chi connectivity index (χ0v) is 14.0. The molecular weight excluding hydrogens is 358 g/mol. The summed E-state index contributed by atoms with van der Waals surface area (Å²) in [4.78, 5) is 1.38. The topological polar surface area (TPSA) is 30.7 Å². The Labute approximate surface area is 134 Å². The lowest BCUT2D eigenvalue weighted by molar-refractivity contribution is 0.655. The van der Waals surface area contributed by atoms with Gasteiger partial charge in [-0.05, 0) is 12.5 Å². The molecule has 3 rings (SSSR count). The van der Waals surface area contributed by atoms with E-state index >= 15 is 0 Å². The Hall–Kier alpha value is -0.910. The predicted octanol–water partition coefficient (Wildman–Crippen LogP) is 5.04. The maximum atomic E-state index is 6.44. The van der Waals surface area contributed by atoms with Crippen molar-refractivity contribution in [2.45, 2.75) is 24.7 Å². The largest absolute Gasteiger partial charge is 0.247 e. The van der Waals surface area contributed by atoms with Gasteiger partial charge in [-0.25, -0.2) is 4.68 Å². The van der Waals surface area contributed by atoms with Gasteiger partial charge in [0.15, 0.2) is 0 Å². The molecule has 0 saturated heterocycles. The molecule has 3 nitrogen and oxygen atoms in total. The van der Waals surface area contributed by atoms with Gasteiger partial charge in [-0.15, -0.1) is 16.4 Å². The first-order chi connectivity index (χ1) is 9.69. The van der Waals surface area contributed by atoms with Gasteiger partial charge in [0, 0.05) is 21.2 Å². The standard InChI is InChI=1S/C14H13BrClN3S/c1-2-10(15)11-7-19(18-17-11)8-13-14(16)9-5-3-4-6-12(9)20-13/h3-7,10H,2,8H2,1H3. The van der Waals surface area contributed by atoms with E-state index in [1.807, 2.05) is 23.0 Å². The molecule has 0 amide bonds. The van der Waals surface area contributed by atoms with Crippen LogP contribution in [0.15, 0.2) is 30.5 Å². The molecule has 0 N–H and O–H groups in total. The van der Waals surface area contributed by atoms with Gasteiger partial charge in [-0.1, -0.05) is 57.9 Å². The van der Waals surface area contributed by atoms with Gasteiger partial charge in [-0.3, -0.25) is 0 Å². The number of aromatic nitrogens is 3. The zero-order chi connectivity index (χ0) is 14.1. The van der Waals surface area contributed by atoms with Crippen LogP contribution < -0.4 is 0 Å². The summed E-state index contributed by atoms with van der Waals surface area (Å²) >= 11 is 11.7. The Morgan fingerprint density at radius 3 is 2.95 bits per heavy atom. The van der Waals surface area contributed by atoms with Crippen LogP contribution in [-0.2, 0) is 6.54 Å². The van der Waals surface area contributed by atoms with Crippen LogP contribution in [0.3, 0.4) is 0 Å². The lowest BCUT2D eigenvalue weighted by Gasteiger charge is -2.00. The van der Waals surface area contributed by atoms with Crippen molar-refractivity contribution in [2.75, 3.05) is 0 Å². The zero-order valence-electron chi connectivity index (χ0n) is 10.9. The first-order valence-corrected chi connectivity index (χ1v) is 8.50. The highest BCUT2D eigenvalue weighted by Gasteiger charge is 2.13. The van der Waals surface area contributed by atoms with Crippen molar-refractivity contribution in [1.29, 1.82) is 0 Å². The van der Waals surface area contributed by atoms with E-state index in [2.05, 4.69) is 45.3 Å². The van der Waals surface area contributed by atoms with Crippen LogP contribution in [0.4, 0.5) is 0 Å². The molecule has 0 aliphatic rings. The van der Waals surface area contributed by atoms with Crippen LogP contribution in [-0.4, -0.2) is 15.0 Å². The van der Waals surface area contributed by atoms with Crippen LogP contribution >= 0.6 is 38.9 Å². The normalized spacial score (nSPS) is 12.9. The highest BCUT2D eigenvalue weighted by atomic mass is 79.9. The fourth-order valence-corrected chi connectivity index (χ4v) is 3.75. The molecular formula is C14H13BrClN3S. The summed E-state index contributed by atoms with van der Waals surface area (Å²) < 4.78 is 3.05. The Kier molecular flexibility index (Phi) is 4.10. The molecule has 0 radical (unpaired) electrons. The van der Waals surface area contributed by atoms with E-state index in [4.69, 9.17) is 11.6 Å². The molecule has 1 atom stereocenters. The van der Waals surface area contributed by atoms with Crippen molar-refractivity contribution in [2.24, 2.45) is 0 Å². The smallest absolute Gasteiger partial charge is 0.0963 e. The molecule has 0 fully saturated rings. The highest BCUT2D eigenvalue weighted by molar-refractivity contribution is 9.09. The summed E-state index contributed by atoms with van der Waals surface area (Å²) in [5.41, 5.74) is 0.963. The number of hydrogen-bond donors (Lipinski definition) is 0. The van der Waals surface area contributed by atoms with Crippen molar-refractivity contribution < 1.29 is 0 Å². The molecule has 2 heterocycles. The number of fused-ring (bicyclic) bond motifs is 1. The predicted molar refractivity (Wildman–Crippen MR) is 87.9 cm³/mol. The number of hydrogen-bond acceptors (Lipinski definition) is 3. The van der Waals surface area contributed by atoms with Gasteiger partial charge in [0.25, 0.3) is 0 Å². The minimum Gasteiger partial charge on any atom is -0.247 e. The first kappa shape index (κ1) is 14.0. The van der Waals surface area contributed by atoms with Crippen molar-refractivity contribution in [3.05, 3.63) is 46.1 Å². The summed E-state index contributed by atoms with van der Waals surface area (Å²) in [6.45, 7) is 2.77. The molecule has 3 aromatic rings. The molecule has 104 valence electrons. The summed E-state index contributed by atoms with van der Waals surface area (Å²) in [7, 11) is 0. The minimum absolute atomic E-state index is 0.258. The first-order valence-electron chi connectivity index (χ1n) is 6.39. The van der Waals surface area contributed by atoms with Gasteiger partial charge in [-0.2, -0.15) is 0 Å².